The van der Waals surface area contributed by atoms with Gasteiger partial charge in [0.05, 0.1) is 5.56 Å². The van der Waals surface area contributed by atoms with Gasteiger partial charge in [-0.25, -0.2) is 4.98 Å². The SMILES string of the molecule is C#CCCc1nc2cccc(C#N)c2o1. The van der Waals surface area contributed by atoms with Crippen LogP contribution in [0.2, 0.25) is 0 Å². The van der Waals surface area contributed by atoms with Crippen molar-refractivity contribution in [1.82, 2.24) is 4.98 Å². The van der Waals surface area contributed by atoms with Gasteiger partial charge in [0.25, 0.3) is 0 Å². The number of aryl methyl sites for hydroxylation is 1. The molecule has 1 aromatic carbocycles. The van der Waals surface area contributed by atoms with E-state index in [1.807, 2.05) is 6.07 Å². The molecule has 0 N–H and O–H groups in total. The van der Waals surface area contributed by atoms with E-state index in [4.69, 9.17) is 16.1 Å². The van der Waals surface area contributed by atoms with Crippen molar-refractivity contribution in [1.29, 1.82) is 5.26 Å². The molecule has 2 aromatic rings. The molecule has 3 nitrogen and oxygen atoms in total. The molecule has 15 heavy (non-hydrogen) atoms. The number of hydrogen-bond acceptors (Lipinski definition) is 3. The Hall–Kier alpha value is -2.26. The minimum absolute atomic E-state index is 0.506. The normalized spacial score (nSPS) is 9.73. The maximum Gasteiger partial charge on any atom is 0.196 e. The van der Waals surface area contributed by atoms with Crippen molar-refractivity contribution in [3.8, 4) is 18.4 Å². The zero-order valence-corrected chi connectivity index (χ0v) is 8.03. The molecule has 0 aliphatic rings. The summed E-state index contributed by atoms with van der Waals surface area (Å²) in [5.41, 5.74) is 1.76. The van der Waals surface area contributed by atoms with Crippen LogP contribution in [-0.2, 0) is 6.42 Å². The van der Waals surface area contributed by atoms with Crippen LogP contribution < -0.4 is 0 Å². The lowest BCUT2D eigenvalue weighted by molar-refractivity contribution is 0.531. The summed E-state index contributed by atoms with van der Waals surface area (Å²) < 4.78 is 5.46. The molecule has 0 unspecified atom stereocenters. The average molecular weight is 196 g/mol. The Labute approximate surface area is 87.3 Å². The van der Waals surface area contributed by atoms with Crippen LogP contribution in [0.15, 0.2) is 22.6 Å². The Balaban J connectivity index is 2.48. The lowest BCUT2D eigenvalue weighted by Crippen LogP contribution is -1.81. The summed E-state index contributed by atoms with van der Waals surface area (Å²) in [7, 11) is 0. The van der Waals surface area contributed by atoms with Gasteiger partial charge in [-0.2, -0.15) is 5.26 Å². The van der Waals surface area contributed by atoms with Gasteiger partial charge in [-0.15, -0.1) is 12.3 Å². The molecule has 0 amide bonds. The van der Waals surface area contributed by atoms with Crippen LogP contribution in [0.4, 0.5) is 0 Å². The first-order chi connectivity index (χ1) is 7.35. The van der Waals surface area contributed by atoms with Crippen molar-refractivity contribution < 1.29 is 4.42 Å². The van der Waals surface area contributed by atoms with Gasteiger partial charge < -0.3 is 4.42 Å². The molecule has 0 saturated carbocycles. The Kier molecular flexibility index (Phi) is 2.39. The zero-order valence-electron chi connectivity index (χ0n) is 8.03. The van der Waals surface area contributed by atoms with E-state index < -0.39 is 0 Å². The first-order valence-electron chi connectivity index (χ1n) is 4.57. The number of benzene rings is 1. The minimum Gasteiger partial charge on any atom is -0.439 e. The van der Waals surface area contributed by atoms with Gasteiger partial charge in [0.1, 0.15) is 11.6 Å². The fourth-order valence-corrected chi connectivity index (χ4v) is 1.37. The van der Waals surface area contributed by atoms with E-state index in [-0.39, 0.29) is 0 Å². The number of hydrogen-bond donors (Lipinski definition) is 0. The van der Waals surface area contributed by atoms with E-state index in [1.165, 1.54) is 0 Å². The zero-order chi connectivity index (χ0) is 10.7. The quantitative estimate of drug-likeness (QED) is 0.692. The summed E-state index contributed by atoms with van der Waals surface area (Å²) in [4.78, 5) is 4.25. The molecule has 0 bridgehead atoms. The highest BCUT2D eigenvalue weighted by atomic mass is 16.3. The molecular weight excluding hydrogens is 188 g/mol. The lowest BCUT2D eigenvalue weighted by atomic mass is 10.2. The fourth-order valence-electron chi connectivity index (χ4n) is 1.37. The van der Waals surface area contributed by atoms with Crippen LogP contribution in [0.5, 0.6) is 0 Å². The van der Waals surface area contributed by atoms with Crippen molar-refractivity contribution in [3.05, 3.63) is 29.7 Å². The minimum atomic E-state index is 0.506. The van der Waals surface area contributed by atoms with Crippen LogP contribution in [0.25, 0.3) is 11.1 Å². The molecule has 0 aliphatic carbocycles. The third kappa shape index (κ3) is 1.68. The maximum atomic E-state index is 8.85. The summed E-state index contributed by atoms with van der Waals surface area (Å²) in [5.74, 6) is 3.11. The summed E-state index contributed by atoms with van der Waals surface area (Å²) >= 11 is 0. The molecule has 0 radical (unpaired) electrons. The number of nitrogens with zero attached hydrogens (tertiary/aromatic N) is 2. The van der Waals surface area contributed by atoms with Crippen LogP contribution in [0, 0.1) is 23.7 Å². The number of aromatic nitrogens is 1. The van der Waals surface area contributed by atoms with Crippen LogP contribution in [0.3, 0.4) is 0 Å². The predicted molar refractivity (Wildman–Crippen MR) is 55.9 cm³/mol. The molecule has 72 valence electrons. The van der Waals surface area contributed by atoms with Crippen molar-refractivity contribution in [2.45, 2.75) is 12.8 Å². The molecule has 0 fully saturated rings. The Morgan fingerprint density at radius 1 is 1.47 bits per heavy atom. The summed E-state index contributed by atoms with van der Waals surface area (Å²) in [6.45, 7) is 0. The summed E-state index contributed by atoms with van der Waals surface area (Å²) in [6, 6.07) is 7.38. The highest BCUT2D eigenvalue weighted by molar-refractivity contribution is 5.78. The molecule has 0 aliphatic heterocycles. The third-order valence-electron chi connectivity index (χ3n) is 2.06. The van der Waals surface area contributed by atoms with Gasteiger partial charge in [0.15, 0.2) is 11.5 Å². The molecule has 0 saturated heterocycles. The van der Waals surface area contributed by atoms with E-state index in [1.54, 1.807) is 12.1 Å². The predicted octanol–water partition coefficient (Wildman–Crippen LogP) is 2.27. The number of rotatable bonds is 2. The van der Waals surface area contributed by atoms with Crippen molar-refractivity contribution in [2.75, 3.05) is 0 Å². The highest BCUT2D eigenvalue weighted by Crippen LogP contribution is 2.19. The number of terminal acetylenes is 1. The van der Waals surface area contributed by atoms with Crippen LogP contribution >= 0.6 is 0 Å². The van der Waals surface area contributed by atoms with Gasteiger partial charge in [0, 0.05) is 12.8 Å². The van der Waals surface area contributed by atoms with E-state index in [0.29, 0.717) is 35.4 Å². The highest BCUT2D eigenvalue weighted by Gasteiger charge is 2.08. The molecule has 2 rings (SSSR count). The molecule has 0 atom stereocenters. The monoisotopic (exact) mass is 196 g/mol. The topological polar surface area (TPSA) is 49.8 Å². The number of para-hydroxylation sites is 1. The van der Waals surface area contributed by atoms with E-state index in [9.17, 15) is 0 Å². The standard InChI is InChI=1S/C12H8N2O/c1-2-3-7-11-14-10-6-4-5-9(8-13)12(10)15-11/h1,4-6H,3,7H2. The van der Waals surface area contributed by atoms with E-state index in [0.717, 1.165) is 0 Å². The molecule has 1 heterocycles. The smallest absolute Gasteiger partial charge is 0.196 e. The first kappa shape index (κ1) is 9.30. The second kappa shape index (κ2) is 3.86. The third-order valence-corrected chi connectivity index (χ3v) is 2.06. The Bertz CT molecular complexity index is 569. The van der Waals surface area contributed by atoms with E-state index >= 15 is 0 Å². The second-order valence-corrected chi connectivity index (χ2v) is 3.08. The molecule has 0 spiro atoms. The first-order valence-corrected chi connectivity index (χ1v) is 4.57. The van der Waals surface area contributed by atoms with Gasteiger partial charge in [-0.1, -0.05) is 6.07 Å². The molecule has 1 aromatic heterocycles. The van der Waals surface area contributed by atoms with Gasteiger partial charge >= 0.3 is 0 Å². The van der Waals surface area contributed by atoms with E-state index in [2.05, 4.69) is 17.0 Å². The average Bonchev–Trinajstić information content (AvgIpc) is 2.68. The Morgan fingerprint density at radius 3 is 3.07 bits per heavy atom. The summed E-state index contributed by atoms with van der Waals surface area (Å²) in [6.07, 6.45) is 6.35. The number of nitriles is 1. The fraction of sp³-hybridized carbons (Fsp3) is 0.167. The second-order valence-electron chi connectivity index (χ2n) is 3.08. The van der Waals surface area contributed by atoms with Crippen LogP contribution in [0.1, 0.15) is 17.9 Å². The number of oxazole rings is 1. The molecule has 3 heteroatoms. The number of fused-ring (bicyclic) bond motifs is 1. The molecular formula is C12H8N2O. The largest absolute Gasteiger partial charge is 0.439 e. The van der Waals surface area contributed by atoms with Crippen LogP contribution in [-0.4, -0.2) is 4.98 Å². The van der Waals surface area contributed by atoms with Gasteiger partial charge in [0.2, 0.25) is 0 Å². The van der Waals surface area contributed by atoms with Crippen molar-refractivity contribution in [3.63, 3.8) is 0 Å². The maximum absolute atomic E-state index is 8.85. The van der Waals surface area contributed by atoms with Gasteiger partial charge in [-0.05, 0) is 12.1 Å². The summed E-state index contributed by atoms with van der Waals surface area (Å²) in [5, 5.41) is 8.85. The lowest BCUT2D eigenvalue weighted by Gasteiger charge is -1.88. The van der Waals surface area contributed by atoms with Gasteiger partial charge in [-0.3, -0.25) is 0 Å². The Morgan fingerprint density at radius 2 is 2.33 bits per heavy atom. The van der Waals surface area contributed by atoms with Crippen molar-refractivity contribution >= 4 is 11.1 Å². The van der Waals surface area contributed by atoms with Crippen molar-refractivity contribution in [2.24, 2.45) is 0 Å².